The van der Waals surface area contributed by atoms with Crippen molar-refractivity contribution >= 4 is 22.6 Å². The Kier molecular flexibility index (Phi) is 6.96. The van der Waals surface area contributed by atoms with Gasteiger partial charge in [-0.15, -0.1) is 0 Å². The van der Waals surface area contributed by atoms with Gasteiger partial charge >= 0.3 is 0 Å². The van der Waals surface area contributed by atoms with E-state index in [1.807, 2.05) is 4.90 Å². The Hall–Kier alpha value is -3.18. The molecule has 4 aliphatic rings. The summed E-state index contributed by atoms with van der Waals surface area (Å²) in [6, 6.07) is 25.6. The van der Waals surface area contributed by atoms with Crippen molar-refractivity contribution in [2.24, 2.45) is 23.7 Å². The van der Waals surface area contributed by atoms with Crippen LogP contribution in [0.4, 0.5) is 0 Å². The lowest BCUT2D eigenvalue weighted by Gasteiger charge is -2.61. The van der Waals surface area contributed by atoms with Gasteiger partial charge in [0, 0.05) is 45.1 Å². The fourth-order valence-corrected chi connectivity index (χ4v) is 8.30. The molecule has 39 heavy (non-hydrogen) atoms. The van der Waals surface area contributed by atoms with Gasteiger partial charge in [-0.3, -0.25) is 14.5 Å². The Morgan fingerprint density at radius 3 is 2.49 bits per heavy atom. The first-order valence-electron chi connectivity index (χ1n) is 14.7. The second-order valence-corrected chi connectivity index (χ2v) is 12.4. The van der Waals surface area contributed by atoms with Gasteiger partial charge in [-0.1, -0.05) is 86.6 Å². The highest BCUT2D eigenvalue weighted by Gasteiger charge is 2.71. The molecule has 3 aromatic carbocycles. The summed E-state index contributed by atoms with van der Waals surface area (Å²) >= 11 is 0. The number of piperidine rings is 2. The molecule has 5 atom stereocenters. The van der Waals surface area contributed by atoms with Crippen molar-refractivity contribution in [1.82, 2.24) is 15.1 Å². The molecule has 0 spiro atoms. The predicted molar refractivity (Wildman–Crippen MR) is 156 cm³/mol. The number of benzene rings is 3. The zero-order valence-electron chi connectivity index (χ0n) is 23.5. The fourth-order valence-electron chi connectivity index (χ4n) is 8.30. The van der Waals surface area contributed by atoms with Crippen LogP contribution in [0, 0.1) is 23.7 Å². The van der Waals surface area contributed by atoms with Gasteiger partial charge in [0.15, 0.2) is 0 Å². The summed E-state index contributed by atoms with van der Waals surface area (Å²) in [5, 5.41) is 5.83. The van der Waals surface area contributed by atoms with E-state index in [0.29, 0.717) is 30.8 Å². The third kappa shape index (κ3) is 4.45. The Morgan fingerprint density at radius 1 is 0.974 bits per heavy atom. The van der Waals surface area contributed by atoms with Gasteiger partial charge in [-0.05, 0) is 58.9 Å². The largest absolute Gasteiger partial charge is 0.354 e. The second kappa shape index (κ2) is 10.4. The Balaban J connectivity index is 1.32. The average molecular weight is 524 g/mol. The summed E-state index contributed by atoms with van der Waals surface area (Å²) in [5.74, 6) is 1.53. The third-order valence-electron chi connectivity index (χ3n) is 9.60. The van der Waals surface area contributed by atoms with E-state index < -0.39 is 5.54 Å². The van der Waals surface area contributed by atoms with Crippen molar-refractivity contribution in [1.29, 1.82) is 0 Å². The molecule has 3 saturated heterocycles. The maximum Gasteiger partial charge on any atom is 0.247 e. The van der Waals surface area contributed by atoms with Crippen LogP contribution in [0.15, 0.2) is 72.8 Å². The van der Waals surface area contributed by atoms with Gasteiger partial charge in [0.05, 0.1) is 0 Å². The number of hydrogen-bond acceptors (Lipinski definition) is 3. The molecule has 1 saturated carbocycles. The highest BCUT2D eigenvalue weighted by atomic mass is 16.2. The van der Waals surface area contributed by atoms with Crippen LogP contribution in [0.3, 0.4) is 0 Å². The molecule has 5 heteroatoms. The van der Waals surface area contributed by atoms with Crippen LogP contribution in [0.25, 0.3) is 10.8 Å². The molecule has 5 unspecified atom stereocenters. The Bertz CT molecular complexity index is 1350. The molecular weight excluding hydrogens is 482 g/mol. The van der Waals surface area contributed by atoms with Crippen LogP contribution < -0.4 is 5.32 Å². The summed E-state index contributed by atoms with van der Waals surface area (Å²) in [6.07, 6.45) is 2.74. The first-order valence-corrected chi connectivity index (χ1v) is 14.7. The van der Waals surface area contributed by atoms with E-state index in [0.717, 1.165) is 32.4 Å². The van der Waals surface area contributed by atoms with Crippen LogP contribution in [-0.4, -0.2) is 59.4 Å². The predicted octanol–water partition coefficient (Wildman–Crippen LogP) is 4.93. The molecule has 4 bridgehead atoms. The number of amides is 2. The zero-order valence-corrected chi connectivity index (χ0v) is 23.5. The maximum absolute atomic E-state index is 14.5. The van der Waals surface area contributed by atoms with Gasteiger partial charge < -0.3 is 10.2 Å². The normalized spacial score (nSPS) is 27.8. The smallest absolute Gasteiger partial charge is 0.247 e. The lowest BCUT2D eigenvalue weighted by atomic mass is 9.57. The fraction of sp³-hybridized carbons (Fsp3) is 0.471. The van der Waals surface area contributed by atoms with Crippen molar-refractivity contribution in [3.05, 3.63) is 83.9 Å². The number of rotatable bonds is 8. The molecule has 0 aromatic heterocycles. The average Bonchev–Trinajstić information content (AvgIpc) is 3.19. The van der Waals surface area contributed by atoms with E-state index >= 15 is 0 Å². The molecule has 1 aliphatic carbocycles. The first-order chi connectivity index (χ1) is 18.9. The van der Waals surface area contributed by atoms with Crippen molar-refractivity contribution in [3.63, 3.8) is 0 Å². The van der Waals surface area contributed by atoms with Crippen molar-refractivity contribution in [2.45, 2.75) is 51.6 Å². The molecule has 204 valence electrons. The standard InChI is InChI=1S/C34H41N3O2/c1-23(2)20-36-22-29-19-28-21-37(24(3)38)34(29,32(36)31(28)18-25-10-5-4-6-11-25)33(39)35-17-16-27-14-9-13-26-12-7-8-15-30(26)27/h4-15,23,28-29,31-32H,16-22H2,1-3H3,(H,35,39). The van der Waals surface area contributed by atoms with Crippen molar-refractivity contribution in [3.8, 4) is 0 Å². The molecular formula is C34H41N3O2. The lowest BCUT2D eigenvalue weighted by Crippen LogP contribution is -2.78. The first kappa shape index (κ1) is 26.1. The number of nitrogens with zero attached hydrogens (tertiary/aromatic N) is 2. The molecule has 1 N–H and O–H groups in total. The number of carbonyl (C=O) groups is 2. The van der Waals surface area contributed by atoms with Crippen LogP contribution >= 0.6 is 0 Å². The lowest BCUT2D eigenvalue weighted by molar-refractivity contribution is -0.172. The minimum absolute atomic E-state index is 0.0310. The number of hydrogen-bond donors (Lipinski definition) is 1. The monoisotopic (exact) mass is 523 g/mol. The van der Waals surface area contributed by atoms with E-state index in [2.05, 4.69) is 96.9 Å². The summed E-state index contributed by atoms with van der Waals surface area (Å²) in [7, 11) is 0. The van der Waals surface area contributed by atoms with Crippen LogP contribution in [-0.2, 0) is 22.4 Å². The van der Waals surface area contributed by atoms with Crippen LogP contribution in [0.2, 0.25) is 0 Å². The molecule has 4 fully saturated rings. The SMILES string of the molecule is CC(=O)N1CC2CC3CN(CC(C)C)C(C2Cc2ccccc2)C31C(=O)NCCc1cccc2ccccc12. The number of fused-ring (bicyclic) bond motifs is 2. The Morgan fingerprint density at radius 2 is 1.72 bits per heavy atom. The number of nitrogens with one attached hydrogen (secondary N) is 1. The topological polar surface area (TPSA) is 52.7 Å². The summed E-state index contributed by atoms with van der Waals surface area (Å²) < 4.78 is 0. The maximum atomic E-state index is 14.5. The second-order valence-electron chi connectivity index (χ2n) is 12.4. The minimum atomic E-state index is -0.798. The van der Waals surface area contributed by atoms with E-state index in [1.54, 1.807) is 6.92 Å². The molecule has 3 heterocycles. The zero-order chi connectivity index (χ0) is 27.1. The molecule has 2 amide bonds. The highest BCUT2D eigenvalue weighted by molar-refractivity contribution is 5.94. The molecule has 5 nitrogen and oxygen atoms in total. The van der Waals surface area contributed by atoms with Gasteiger partial charge in [-0.25, -0.2) is 0 Å². The summed E-state index contributed by atoms with van der Waals surface area (Å²) in [6.45, 7) is 9.27. The Labute approximate surface area is 232 Å². The van der Waals surface area contributed by atoms with Gasteiger partial charge in [-0.2, -0.15) is 0 Å². The van der Waals surface area contributed by atoms with Crippen LogP contribution in [0.5, 0.6) is 0 Å². The van der Waals surface area contributed by atoms with E-state index in [4.69, 9.17) is 0 Å². The van der Waals surface area contributed by atoms with E-state index in [1.165, 1.54) is 21.9 Å². The van der Waals surface area contributed by atoms with Crippen LogP contribution in [0.1, 0.15) is 38.3 Å². The number of likely N-dealkylation sites (tertiary alicyclic amines) is 1. The summed E-state index contributed by atoms with van der Waals surface area (Å²) in [4.78, 5) is 32.2. The van der Waals surface area contributed by atoms with Gasteiger partial charge in [0.1, 0.15) is 5.54 Å². The molecule has 7 rings (SSSR count). The number of carbonyl (C=O) groups excluding carboxylic acids is 2. The molecule has 3 aromatic rings. The molecule has 3 aliphatic heterocycles. The quantitative estimate of drug-likeness (QED) is 0.455. The third-order valence-corrected chi connectivity index (χ3v) is 9.60. The molecule has 0 radical (unpaired) electrons. The summed E-state index contributed by atoms with van der Waals surface area (Å²) in [5.41, 5.74) is 1.77. The van der Waals surface area contributed by atoms with Crippen molar-refractivity contribution < 1.29 is 9.59 Å². The van der Waals surface area contributed by atoms with Crippen molar-refractivity contribution in [2.75, 3.05) is 26.2 Å². The van der Waals surface area contributed by atoms with E-state index in [9.17, 15) is 9.59 Å². The minimum Gasteiger partial charge on any atom is -0.354 e. The van der Waals surface area contributed by atoms with E-state index in [-0.39, 0.29) is 23.8 Å². The highest BCUT2D eigenvalue weighted by Crippen LogP contribution is 2.57. The van der Waals surface area contributed by atoms with Gasteiger partial charge in [0.2, 0.25) is 11.8 Å². The van der Waals surface area contributed by atoms with Gasteiger partial charge in [0.25, 0.3) is 0 Å².